The molecule has 110 valence electrons. The summed E-state index contributed by atoms with van der Waals surface area (Å²) in [5.41, 5.74) is 0.335. The first-order valence-electron chi connectivity index (χ1n) is 7.16. The molecular weight excluding hydrogens is 256 g/mol. The van der Waals surface area contributed by atoms with Crippen LogP contribution >= 0.6 is 0 Å². The van der Waals surface area contributed by atoms with Crippen LogP contribution in [-0.4, -0.2) is 46.7 Å². The minimum atomic E-state index is -0.133. The molecule has 1 amide bonds. The van der Waals surface area contributed by atoms with Crippen molar-refractivity contribution in [2.75, 3.05) is 19.6 Å². The van der Waals surface area contributed by atoms with Crippen LogP contribution in [0.15, 0.2) is 18.2 Å². The van der Waals surface area contributed by atoms with Crippen molar-refractivity contribution in [2.24, 2.45) is 0 Å². The third kappa shape index (κ3) is 3.42. The second-order valence-corrected chi connectivity index (χ2v) is 5.24. The molecule has 20 heavy (non-hydrogen) atoms. The maximum atomic E-state index is 12.6. The Balaban J connectivity index is 2.20. The molecule has 0 bridgehead atoms. The summed E-state index contributed by atoms with van der Waals surface area (Å²) in [6, 6.07) is 4.21. The molecular formula is C15H22N2O3. The molecule has 0 aromatic heterocycles. The molecule has 2 rings (SSSR count). The number of piperidine rings is 1. The predicted molar refractivity (Wildman–Crippen MR) is 77.0 cm³/mol. The number of carbonyl (C=O) groups is 1. The third-order valence-electron chi connectivity index (χ3n) is 3.59. The first-order valence-corrected chi connectivity index (χ1v) is 7.16. The monoisotopic (exact) mass is 278 g/mol. The Bertz CT molecular complexity index is 450. The molecule has 0 radical (unpaired) electrons. The number of hydrogen-bond donors (Lipinski definition) is 3. The van der Waals surface area contributed by atoms with Crippen molar-refractivity contribution in [3.63, 3.8) is 0 Å². The van der Waals surface area contributed by atoms with Crippen LogP contribution < -0.4 is 5.32 Å². The largest absolute Gasteiger partial charge is 0.508 e. The number of benzene rings is 1. The van der Waals surface area contributed by atoms with Gasteiger partial charge < -0.3 is 20.4 Å². The van der Waals surface area contributed by atoms with Crippen LogP contribution in [0.4, 0.5) is 0 Å². The van der Waals surface area contributed by atoms with Crippen molar-refractivity contribution in [3.05, 3.63) is 23.8 Å². The minimum Gasteiger partial charge on any atom is -0.508 e. The maximum absolute atomic E-state index is 12.6. The van der Waals surface area contributed by atoms with Crippen LogP contribution in [0.1, 0.15) is 36.5 Å². The summed E-state index contributed by atoms with van der Waals surface area (Å²) in [6.07, 6.45) is 2.93. The lowest BCUT2D eigenvalue weighted by Gasteiger charge is -2.34. The van der Waals surface area contributed by atoms with Gasteiger partial charge in [0.25, 0.3) is 5.91 Å². The highest BCUT2D eigenvalue weighted by molar-refractivity contribution is 5.95. The second kappa shape index (κ2) is 6.61. The van der Waals surface area contributed by atoms with E-state index in [0.717, 1.165) is 32.4 Å². The molecule has 0 saturated carbocycles. The summed E-state index contributed by atoms with van der Waals surface area (Å²) in [6.45, 7) is 4.52. The Hall–Kier alpha value is -1.75. The van der Waals surface area contributed by atoms with Crippen LogP contribution in [-0.2, 0) is 0 Å². The fraction of sp³-hybridized carbons (Fsp3) is 0.533. The Morgan fingerprint density at radius 1 is 1.35 bits per heavy atom. The molecule has 0 aliphatic carbocycles. The third-order valence-corrected chi connectivity index (χ3v) is 3.59. The molecule has 1 unspecified atom stereocenters. The lowest BCUT2D eigenvalue weighted by atomic mass is 10.0. The van der Waals surface area contributed by atoms with Gasteiger partial charge in [0.2, 0.25) is 0 Å². The highest BCUT2D eigenvalue weighted by Crippen LogP contribution is 2.23. The lowest BCUT2D eigenvalue weighted by Crippen LogP contribution is -2.49. The van der Waals surface area contributed by atoms with Crippen LogP contribution in [0.2, 0.25) is 0 Å². The first-order chi connectivity index (χ1) is 9.61. The van der Waals surface area contributed by atoms with Crippen molar-refractivity contribution in [1.82, 2.24) is 10.2 Å². The normalized spacial score (nSPS) is 18.8. The van der Waals surface area contributed by atoms with E-state index < -0.39 is 0 Å². The molecule has 1 atom stereocenters. The highest BCUT2D eigenvalue weighted by Gasteiger charge is 2.26. The standard InChI is InChI=1S/C15H22N2O3/c1-2-6-17(12-4-3-5-16-10-12)15(20)11-7-13(18)9-14(19)8-11/h7-9,12,16,18-19H,2-6,10H2,1H3. The van der Waals surface area contributed by atoms with Gasteiger partial charge in [-0.2, -0.15) is 0 Å². The van der Waals surface area contributed by atoms with Gasteiger partial charge in [-0.25, -0.2) is 0 Å². The Labute approximate surface area is 119 Å². The summed E-state index contributed by atoms with van der Waals surface area (Å²) in [5, 5.41) is 22.4. The molecule has 5 heteroatoms. The van der Waals surface area contributed by atoms with Crippen LogP contribution in [0.5, 0.6) is 11.5 Å². The van der Waals surface area contributed by atoms with E-state index in [4.69, 9.17) is 0 Å². The van der Waals surface area contributed by atoms with Gasteiger partial charge in [0, 0.05) is 30.8 Å². The summed E-state index contributed by atoms with van der Waals surface area (Å²) < 4.78 is 0. The SMILES string of the molecule is CCCN(C(=O)c1cc(O)cc(O)c1)C1CCCNC1. The van der Waals surface area contributed by atoms with E-state index in [1.807, 2.05) is 11.8 Å². The van der Waals surface area contributed by atoms with E-state index in [2.05, 4.69) is 5.32 Å². The highest BCUT2D eigenvalue weighted by atomic mass is 16.3. The second-order valence-electron chi connectivity index (χ2n) is 5.24. The zero-order chi connectivity index (χ0) is 14.5. The van der Waals surface area contributed by atoms with Gasteiger partial charge in [0.1, 0.15) is 11.5 Å². The van der Waals surface area contributed by atoms with Crippen molar-refractivity contribution < 1.29 is 15.0 Å². The predicted octanol–water partition coefficient (Wildman–Crippen LogP) is 1.70. The molecule has 1 heterocycles. The number of nitrogens with zero attached hydrogens (tertiary/aromatic N) is 1. The molecule has 1 aromatic rings. The van der Waals surface area contributed by atoms with Gasteiger partial charge in [-0.15, -0.1) is 0 Å². The number of amides is 1. The van der Waals surface area contributed by atoms with Gasteiger partial charge >= 0.3 is 0 Å². The van der Waals surface area contributed by atoms with E-state index in [0.29, 0.717) is 12.1 Å². The summed E-state index contributed by atoms with van der Waals surface area (Å²) in [5.74, 6) is -0.315. The Morgan fingerprint density at radius 2 is 2.05 bits per heavy atom. The average molecular weight is 278 g/mol. The Morgan fingerprint density at radius 3 is 2.60 bits per heavy atom. The van der Waals surface area contributed by atoms with Crippen molar-refractivity contribution in [2.45, 2.75) is 32.2 Å². The van der Waals surface area contributed by atoms with Gasteiger partial charge in [-0.3, -0.25) is 4.79 Å². The quantitative estimate of drug-likeness (QED) is 0.784. The van der Waals surface area contributed by atoms with Gasteiger partial charge in [0.15, 0.2) is 0 Å². The van der Waals surface area contributed by atoms with Crippen LogP contribution in [0, 0.1) is 0 Å². The average Bonchev–Trinajstić information content (AvgIpc) is 2.44. The van der Waals surface area contributed by atoms with E-state index in [9.17, 15) is 15.0 Å². The molecule has 0 spiro atoms. The number of phenols is 2. The molecule has 3 N–H and O–H groups in total. The molecule has 1 fully saturated rings. The summed E-state index contributed by atoms with van der Waals surface area (Å²) in [4.78, 5) is 14.5. The fourth-order valence-corrected chi connectivity index (χ4v) is 2.67. The van der Waals surface area contributed by atoms with Gasteiger partial charge in [-0.1, -0.05) is 6.92 Å². The number of carbonyl (C=O) groups excluding carboxylic acids is 1. The first kappa shape index (κ1) is 14.7. The topological polar surface area (TPSA) is 72.8 Å². The van der Waals surface area contributed by atoms with E-state index >= 15 is 0 Å². The van der Waals surface area contributed by atoms with Crippen LogP contribution in [0.25, 0.3) is 0 Å². The smallest absolute Gasteiger partial charge is 0.254 e. The molecule has 1 saturated heterocycles. The number of rotatable bonds is 4. The zero-order valence-electron chi connectivity index (χ0n) is 11.8. The van der Waals surface area contributed by atoms with Crippen molar-refractivity contribution in [1.29, 1.82) is 0 Å². The van der Waals surface area contributed by atoms with Gasteiger partial charge in [-0.05, 0) is 37.9 Å². The summed E-state index contributed by atoms with van der Waals surface area (Å²) >= 11 is 0. The number of nitrogens with one attached hydrogen (secondary N) is 1. The number of hydrogen-bond acceptors (Lipinski definition) is 4. The molecule has 1 aromatic carbocycles. The minimum absolute atomic E-state index is 0.0911. The molecule has 1 aliphatic heterocycles. The van der Waals surface area contributed by atoms with E-state index in [1.54, 1.807) is 0 Å². The van der Waals surface area contributed by atoms with E-state index in [-0.39, 0.29) is 23.4 Å². The Kier molecular flexibility index (Phi) is 4.84. The molecule has 1 aliphatic rings. The maximum Gasteiger partial charge on any atom is 0.254 e. The summed E-state index contributed by atoms with van der Waals surface area (Å²) in [7, 11) is 0. The zero-order valence-corrected chi connectivity index (χ0v) is 11.8. The number of aromatic hydroxyl groups is 2. The number of phenolic OH excluding ortho intramolecular Hbond substituents is 2. The van der Waals surface area contributed by atoms with E-state index in [1.165, 1.54) is 18.2 Å². The van der Waals surface area contributed by atoms with Crippen LogP contribution in [0.3, 0.4) is 0 Å². The van der Waals surface area contributed by atoms with Crippen molar-refractivity contribution in [3.8, 4) is 11.5 Å². The van der Waals surface area contributed by atoms with Gasteiger partial charge in [0.05, 0.1) is 0 Å². The molecule has 5 nitrogen and oxygen atoms in total. The van der Waals surface area contributed by atoms with Crippen molar-refractivity contribution >= 4 is 5.91 Å². The fourth-order valence-electron chi connectivity index (χ4n) is 2.67. The lowest BCUT2D eigenvalue weighted by molar-refractivity contribution is 0.0648.